The number of carbonyl (C=O) groups excluding carboxylic acids is 1. The fourth-order valence-electron chi connectivity index (χ4n) is 7.16. The summed E-state index contributed by atoms with van der Waals surface area (Å²) in [4.78, 5) is 30.0. The van der Waals surface area contributed by atoms with Crippen molar-refractivity contribution in [1.82, 2.24) is 15.0 Å². The number of carbonyl (C=O) groups is 2. The number of amides is 1. The van der Waals surface area contributed by atoms with Gasteiger partial charge in [0.1, 0.15) is 11.1 Å². The number of ether oxygens (including phenoxy) is 2. The van der Waals surface area contributed by atoms with Gasteiger partial charge in [0.2, 0.25) is 15.9 Å². The molecule has 1 amide bonds. The van der Waals surface area contributed by atoms with Crippen LogP contribution in [0.4, 0.5) is 0 Å². The monoisotopic (exact) mass is 857 g/mol. The van der Waals surface area contributed by atoms with Crippen molar-refractivity contribution in [3.8, 4) is 11.1 Å². The predicted octanol–water partition coefficient (Wildman–Crippen LogP) is 8.04. The Morgan fingerprint density at radius 1 is 0.787 bits per heavy atom. The van der Waals surface area contributed by atoms with Gasteiger partial charge in [0, 0.05) is 30.0 Å². The van der Waals surface area contributed by atoms with Crippen LogP contribution in [0.2, 0.25) is 0 Å². The number of carboxylic acid groups (broad SMARTS) is 1. The molecule has 1 aliphatic heterocycles. The fourth-order valence-corrected chi connectivity index (χ4v) is 9.50. The van der Waals surface area contributed by atoms with Gasteiger partial charge in [-0.15, -0.1) is 11.8 Å². The number of carboxylic acids is 1. The van der Waals surface area contributed by atoms with Crippen molar-refractivity contribution in [3.63, 3.8) is 0 Å². The van der Waals surface area contributed by atoms with Crippen LogP contribution in [0, 0.1) is 12.8 Å². The van der Waals surface area contributed by atoms with Gasteiger partial charge in [-0.1, -0.05) is 122 Å². The zero-order valence-corrected chi connectivity index (χ0v) is 35.3. The van der Waals surface area contributed by atoms with E-state index in [1.807, 2.05) is 117 Å². The van der Waals surface area contributed by atoms with Crippen LogP contribution < -0.4 is 10.0 Å². The maximum absolute atomic E-state index is 13.7. The summed E-state index contributed by atoms with van der Waals surface area (Å²) in [6, 6.07) is 41.2. The first-order valence-corrected chi connectivity index (χ1v) is 22.4. The maximum Gasteiger partial charge on any atom is 0.338 e. The van der Waals surface area contributed by atoms with E-state index < -0.39 is 34.2 Å². The number of hydrogen-bond donors (Lipinski definition) is 4. The molecule has 61 heavy (non-hydrogen) atoms. The van der Waals surface area contributed by atoms with Gasteiger partial charge < -0.3 is 25.0 Å². The van der Waals surface area contributed by atoms with Crippen LogP contribution in [0.3, 0.4) is 0 Å². The van der Waals surface area contributed by atoms with Crippen molar-refractivity contribution in [2.75, 3.05) is 5.75 Å². The normalized spacial score (nSPS) is 18.3. The van der Waals surface area contributed by atoms with E-state index in [0.29, 0.717) is 10.8 Å². The minimum atomic E-state index is -3.98. The molecule has 5 aromatic carbocycles. The quantitative estimate of drug-likeness (QED) is 0.0701. The van der Waals surface area contributed by atoms with Crippen LogP contribution in [-0.2, 0) is 43.9 Å². The molecule has 0 unspecified atom stereocenters. The van der Waals surface area contributed by atoms with E-state index in [2.05, 4.69) is 15.0 Å². The van der Waals surface area contributed by atoms with Crippen molar-refractivity contribution in [1.29, 1.82) is 0 Å². The summed E-state index contributed by atoms with van der Waals surface area (Å²) in [6.45, 7) is 4.03. The first kappa shape index (κ1) is 43.4. The lowest BCUT2D eigenvalue weighted by molar-refractivity contribution is -0.268. The van der Waals surface area contributed by atoms with E-state index >= 15 is 0 Å². The van der Waals surface area contributed by atoms with Gasteiger partial charge in [0.05, 0.1) is 29.3 Å². The fraction of sp³-hybridized carbons (Fsp3) is 0.229. The van der Waals surface area contributed by atoms with E-state index in [0.717, 1.165) is 44.5 Å². The molecule has 0 bridgehead atoms. The maximum atomic E-state index is 13.7. The Hall–Kier alpha value is -5.67. The van der Waals surface area contributed by atoms with Crippen LogP contribution in [-0.4, -0.2) is 53.4 Å². The zero-order chi connectivity index (χ0) is 42.9. The highest BCUT2D eigenvalue weighted by Gasteiger charge is 2.38. The van der Waals surface area contributed by atoms with Crippen LogP contribution in [0.5, 0.6) is 0 Å². The SMILES string of the molecule is Cc1ccc(S(=O)(=O)N[C@H](Cc2ccccc2)C(=O)NCc2cccc(-c3ccc([C@@H]4O[C@H](CSc5ncccc5C(=O)O)[C@H](C)[C@H](c5ccc(CO)cc5)O4)cc3)c2)cc1. The summed E-state index contributed by atoms with van der Waals surface area (Å²) in [5, 5.41) is 22.7. The standard InChI is InChI=1S/C48H47N3O8S2/c1-31-13-23-40(24-14-31)61(56,57)51-42(27-33-8-4-3-5-9-33)45(53)50-28-35-10-6-11-39(26-35)36-19-21-38(22-20-36)48-58-43(30-60-46-41(47(54)55)12-7-25-49-46)32(2)44(59-48)37-17-15-34(29-52)16-18-37/h3-26,32,42-44,48,51-52H,27-30H2,1-2H3,(H,50,53)(H,54,55)/t32-,42+,43+,44+,48+/m0/s1. The van der Waals surface area contributed by atoms with Gasteiger partial charge in [-0.25, -0.2) is 18.2 Å². The number of aryl methyl sites for hydroxylation is 1. The summed E-state index contributed by atoms with van der Waals surface area (Å²) in [5.74, 6) is -1.15. The molecule has 0 saturated carbocycles. The van der Waals surface area contributed by atoms with Gasteiger partial charge >= 0.3 is 5.97 Å². The molecule has 2 heterocycles. The van der Waals surface area contributed by atoms with Crippen molar-refractivity contribution in [2.24, 2.45) is 5.92 Å². The lowest BCUT2D eigenvalue weighted by Gasteiger charge is -2.41. The van der Waals surface area contributed by atoms with Crippen molar-refractivity contribution < 1.29 is 37.7 Å². The number of aliphatic hydroxyl groups excluding tert-OH is 1. The number of aromatic nitrogens is 1. The van der Waals surface area contributed by atoms with Gasteiger partial charge in [0.15, 0.2) is 6.29 Å². The molecule has 1 aromatic heterocycles. The van der Waals surface area contributed by atoms with Crippen LogP contribution >= 0.6 is 11.8 Å². The third kappa shape index (κ3) is 11.0. The molecule has 0 radical (unpaired) electrons. The molecule has 13 heteroatoms. The second kappa shape index (κ2) is 19.8. The van der Waals surface area contributed by atoms with Crippen LogP contribution in [0.15, 0.2) is 156 Å². The summed E-state index contributed by atoms with van der Waals surface area (Å²) >= 11 is 1.33. The van der Waals surface area contributed by atoms with Gasteiger partial charge in [0.25, 0.3) is 0 Å². The first-order valence-electron chi connectivity index (χ1n) is 19.9. The van der Waals surface area contributed by atoms with Crippen molar-refractivity contribution in [2.45, 2.75) is 67.9 Å². The van der Waals surface area contributed by atoms with E-state index in [1.165, 1.54) is 30.0 Å². The number of nitrogens with one attached hydrogen (secondary N) is 2. The minimum Gasteiger partial charge on any atom is -0.478 e. The Bertz CT molecular complexity index is 2540. The third-order valence-electron chi connectivity index (χ3n) is 10.6. The summed E-state index contributed by atoms with van der Waals surface area (Å²) in [6.07, 6.45) is 0.343. The van der Waals surface area contributed by atoms with E-state index in [4.69, 9.17) is 9.47 Å². The van der Waals surface area contributed by atoms with E-state index in [1.54, 1.807) is 24.4 Å². The average Bonchev–Trinajstić information content (AvgIpc) is 3.28. The second-order valence-corrected chi connectivity index (χ2v) is 17.7. The Balaban J connectivity index is 1.06. The van der Waals surface area contributed by atoms with Gasteiger partial charge in [-0.05, 0) is 77.1 Å². The van der Waals surface area contributed by atoms with E-state index in [9.17, 15) is 28.2 Å². The number of nitrogens with zero attached hydrogens (tertiary/aromatic N) is 1. The predicted molar refractivity (Wildman–Crippen MR) is 234 cm³/mol. The second-order valence-electron chi connectivity index (χ2n) is 15.0. The van der Waals surface area contributed by atoms with Crippen LogP contribution in [0.1, 0.15) is 63.1 Å². The first-order chi connectivity index (χ1) is 29.5. The lowest BCUT2D eigenvalue weighted by Crippen LogP contribution is -2.47. The number of hydrogen-bond acceptors (Lipinski definition) is 9. The number of aromatic carboxylic acids is 1. The average molecular weight is 858 g/mol. The molecule has 1 saturated heterocycles. The zero-order valence-electron chi connectivity index (χ0n) is 33.7. The van der Waals surface area contributed by atoms with E-state index in [-0.39, 0.29) is 48.2 Å². The summed E-state index contributed by atoms with van der Waals surface area (Å²) in [7, 11) is -3.98. The van der Waals surface area contributed by atoms with Gasteiger partial charge in [-0.3, -0.25) is 4.79 Å². The molecule has 0 spiro atoms. The molecule has 0 aliphatic carbocycles. The van der Waals surface area contributed by atoms with Crippen LogP contribution in [0.25, 0.3) is 11.1 Å². The highest BCUT2D eigenvalue weighted by molar-refractivity contribution is 7.99. The lowest BCUT2D eigenvalue weighted by atomic mass is 9.91. The molecule has 7 rings (SSSR count). The Morgan fingerprint density at radius 2 is 1.49 bits per heavy atom. The summed E-state index contributed by atoms with van der Waals surface area (Å²) < 4.78 is 42.6. The molecule has 11 nitrogen and oxygen atoms in total. The number of aliphatic hydroxyl groups is 1. The molecule has 314 valence electrons. The molecule has 1 fully saturated rings. The third-order valence-corrected chi connectivity index (χ3v) is 13.2. The van der Waals surface area contributed by atoms with Gasteiger partial charge in [-0.2, -0.15) is 4.72 Å². The summed E-state index contributed by atoms with van der Waals surface area (Å²) in [5.41, 5.74) is 7.08. The Kier molecular flexibility index (Phi) is 14.1. The number of pyridine rings is 1. The molecular weight excluding hydrogens is 811 g/mol. The number of rotatable bonds is 16. The number of benzene rings is 5. The van der Waals surface area contributed by atoms with Crippen molar-refractivity contribution >= 4 is 33.7 Å². The highest BCUT2D eigenvalue weighted by Crippen LogP contribution is 2.43. The molecule has 4 N–H and O–H groups in total. The van der Waals surface area contributed by atoms with Crippen molar-refractivity contribution in [3.05, 3.63) is 185 Å². The Morgan fingerprint density at radius 3 is 2.20 bits per heavy atom. The number of sulfonamides is 1. The Labute approximate surface area is 360 Å². The highest BCUT2D eigenvalue weighted by atomic mass is 32.2. The smallest absolute Gasteiger partial charge is 0.338 e. The largest absolute Gasteiger partial charge is 0.478 e. The number of thioether (sulfide) groups is 1. The molecular formula is C48H47N3O8S2. The molecule has 1 aliphatic rings. The molecule has 6 aromatic rings. The topological polar surface area (TPSA) is 164 Å². The molecule has 5 atom stereocenters. The minimum absolute atomic E-state index is 0.0691.